The van der Waals surface area contributed by atoms with Gasteiger partial charge in [-0.05, 0) is 23.1 Å². The minimum absolute atomic E-state index is 0.0120. The molecule has 2 rings (SSSR count). The van der Waals surface area contributed by atoms with Gasteiger partial charge in [-0.25, -0.2) is 4.79 Å². The average Bonchev–Trinajstić information content (AvgIpc) is 3.09. The summed E-state index contributed by atoms with van der Waals surface area (Å²) in [6.07, 6.45) is 0. The number of carbonyl (C=O) groups is 2. The molecule has 7 heteroatoms. The van der Waals surface area contributed by atoms with E-state index in [0.29, 0.717) is 13.1 Å². The van der Waals surface area contributed by atoms with Crippen LogP contribution >= 0.6 is 23.1 Å². The SMILES string of the molecule is CC(=O)N(C)Cc1ccccc1NC(=O)NCCSCc1cccs1. The summed E-state index contributed by atoms with van der Waals surface area (Å²) in [4.78, 5) is 26.4. The normalized spacial score (nSPS) is 10.3. The smallest absolute Gasteiger partial charge is 0.319 e. The summed E-state index contributed by atoms with van der Waals surface area (Å²) in [5.74, 6) is 1.82. The van der Waals surface area contributed by atoms with Crippen molar-refractivity contribution in [1.29, 1.82) is 0 Å². The van der Waals surface area contributed by atoms with Gasteiger partial charge in [-0.1, -0.05) is 24.3 Å². The number of thioether (sulfide) groups is 1. The number of benzene rings is 1. The molecule has 0 aliphatic heterocycles. The largest absolute Gasteiger partial charge is 0.342 e. The number of thiophene rings is 1. The van der Waals surface area contributed by atoms with Crippen molar-refractivity contribution in [3.63, 3.8) is 0 Å². The number of urea groups is 1. The maximum absolute atomic E-state index is 12.1. The van der Waals surface area contributed by atoms with E-state index in [2.05, 4.69) is 22.1 Å². The molecule has 134 valence electrons. The van der Waals surface area contributed by atoms with Crippen LogP contribution in [0.4, 0.5) is 10.5 Å². The van der Waals surface area contributed by atoms with Crippen LogP contribution in [0.5, 0.6) is 0 Å². The minimum Gasteiger partial charge on any atom is -0.342 e. The maximum atomic E-state index is 12.1. The summed E-state index contributed by atoms with van der Waals surface area (Å²) in [5, 5.41) is 7.80. The topological polar surface area (TPSA) is 61.4 Å². The van der Waals surface area contributed by atoms with E-state index in [1.165, 1.54) is 11.8 Å². The first-order valence-electron chi connectivity index (χ1n) is 8.01. The molecule has 0 aliphatic carbocycles. The van der Waals surface area contributed by atoms with E-state index in [1.54, 1.807) is 35.0 Å². The monoisotopic (exact) mass is 377 g/mol. The Bertz CT molecular complexity index is 689. The lowest BCUT2D eigenvalue weighted by Crippen LogP contribution is -2.31. The number of hydrogen-bond acceptors (Lipinski definition) is 4. The van der Waals surface area contributed by atoms with Gasteiger partial charge in [-0.15, -0.1) is 11.3 Å². The lowest BCUT2D eigenvalue weighted by atomic mass is 10.1. The van der Waals surface area contributed by atoms with Crippen LogP contribution < -0.4 is 10.6 Å². The molecule has 0 radical (unpaired) electrons. The molecule has 0 spiro atoms. The van der Waals surface area contributed by atoms with Crippen molar-refractivity contribution in [3.8, 4) is 0 Å². The third-order valence-corrected chi connectivity index (χ3v) is 5.63. The fraction of sp³-hybridized carbons (Fsp3) is 0.333. The standard InChI is InChI=1S/C18H23N3O2S2/c1-14(22)21(2)12-15-6-3-4-8-17(15)20-18(23)19-9-11-24-13-16-7-5-10-25-16/h3-8,10H,9,11-13H2,1-2H3,(H2,19,20,23). The Morgan fingerprint density at radius 3 is 2.72 bits per heavy atom. The van der Waals surface area contributed by atoms with Crippen molar-refractivity contribution in [1.82, 2.24) is 10.2 Å². The van der Waals surface area contributed by atoms with Gasteiger partial charge in [-0.3, -0.25) is 4.79 Å². The second-order valence-electron chi connectivity index (χ2n) is 5.55. The summed E-state index contributed by atoms with van der Waals surface area (Å²) in [7, 11) is 1.74. The lowest BCUT2D eigenvalue weighted by molar-refractivity contribution is -0.128. The van der Waals surface area contributed by atoms with Gasteiger partial charge in [0.05, 0.1) is 0 Å². The summed E-state index contributed by atoms with van der Waals surface area (Å²) < 4.78 is 0. The van der Waals surface area contributed by atoms with E-state index in [9.17, 15) is 9.59 Å². The van der Waals surface area contributed by atoms with Gasteiger partial charge in [0.2, 0.25) is 5.91 Å². The van der Waals surface area contributed by atoms with Crippen LogP contribution in [0, 0.1) is 0 Å². The van der Waals surface area contributed by atoms with Crippen molar-refractivity contribution < 1.29 is 9.59 Å². The zero-order valence-electron chi connectivity index (χ0n) is 14.5. The van der Waals surface area contributed by atoms with Crippen LogP contribution in [0.1, 0.15) is 17.4 Å². The molecule has 0 saturated heterocycles. The van der Waals surface area contributed by atoms with Crippen LogP contribution in [0.25, 0.3) is 0 Å². The van der Waals surface area contributed by atoms with E-state index in [1.807, 2.05) is 30.3 Å². The predicted octanol–water partition coefficient (Wildman–Crippen LogP) is 3.78. The van der Waals surface area contributed by atoms with Crippen molar-refractivity contribution >= 4 is 40.7 Å². The zero-order valence-corrected chi connectivity index (χ0v) is 16.1. The van der Waals surface area contributed by atoms with E-state index >= 15 is 0 Å². The highest BCUT2D eigenvalue weighted by atomic mass is 32.2. The number of rotatable bonds is 8. The van der Waals surface area contributed by atoms with Crippen LogP contribution in [0.15, 0.2) is 41.8 Å². The number of para-hydroxylation sites is 1. The van der Waals surface area contributed by atoms with Gasteiger partial charge in [-0.2, -0.15) is 11.8 Å². The molecule has 3 amide bonds. The Morgan fingerprint density at radius 2 is 2.00 bits per heavy atom. The zero-order chi connectivity index (χ0) is 18.1. The van der Waals surface area contributed by atoms with Crippen molar-refractivity contribution in [2.45, 2.75) is 19.2 Å². The molecule has 0 fully saturated rings. The second kappa shape index (κ2) is 10.1. The highest BCUT2D eigenvalue weighted by Crippen LogP contribution is 2.17. The van der Waals surface area contributed by atoms with Gasteiger partial charge < -0.3 is 15.5 Å². The second-order valence-corrected chi connectivity index (χ2v) is 7.68. The molecule has 5 nitrogen and oxygen atoms in total. The van der Waals surface area contributed by atoms with Crippen LogP contribution in [-0.4, -0.2) is 36.2 Å². The maximum Gasteiger partial charge on any atom is 0.319 e. The van der Waals surface area contributed by atoms with E-state index < -0.39 is 0 Å². The first-order chi connectivity index (χ1) is 12.1. The fourth-order valence-corrected chi connectivity index (χ4v) is 3.82. The van der Waals surface area contributed by atoms with Gasteiger partial charge >= 0.3 is 6.03 Å². The molecule has 2 N–H and O–H groups in total. The molecule has 0 saturated carbocycles. The van der Waals surface area contributed by atoms with Crippen LogP contribution in [0.2, 0.25) is 0 Å². The molecule has 0 atom stereocenters. The van der Waals surface area contributed by atoms with Gasteiger partial charge in [0.1, 0.15) is 0 Å². The van der Waals surface area contributed by atoms with Crippen molar-refractivity contribution in [2.75, 3.05) is 24.7 Å². The molecule has 0 unspecified atom stereocenters. The predicted molar refractivity (Wildman–Crippen MR) is 106 cm³/mol. The van der Waals surface area contributed by atoms with Gasteiger partial charge in [0, 0.05) is 49.1 Å². The van der Waals surface area contributed by atoms with E-state index in [-0.39, 0.29) is 11.9 Å². The minimum atomic E-state index is -0.227. The Labute approximate surface area is 156 Å². The Morgan fingerprint density at radius 1 is 1.20 bits per heavy atom. The van der Waals surface area contributed by atoms with Crippen LogP contribution in [-0.2, 0) is 17.1 Å². The van der Waals surface area contributed by atoms with Gasteiger partial charge in [0.25, 0.3) is 0 Å². The van der Waals surface area contributed by atoms with E-state index in [0.717, 1.165) is 22.8 Å². The number of amides is 3. The molecular weight excluding hydrogens is 354 g/mol. The summed E-state index contributed by atoms with van der Waals surface area (Å²) >= 11 is 3.55. The fourth-order valence-electron chi connectivity index (χ4n) is 2.12. The van der Waals surface area contributed by atoms with Gasteiger partial charge in [0.15, 0.2) is 0 Å². The number of nitrogens with one attached hydrogen (secondary N) is 2. The lowest BCUT2D eigenvalue weighted by Gasteiger charge is -2.18. The molecule has 2 aromatic rings. The van der Waals surface area contributed by atoms with Crippen molar-refractivity contribution in [3.05, 3.63) is 52.2 Å². The molecule has 1 aromatic carbocycles. The Kier molecular flexibility index (Phi) is 7.81. The highest BCUT2D eigenvalue weighted by Gasteiger charge is 2.09. The van der Waals surface area contributed by atoms with E-state index in [4.69, 9.17) is 0 Å². The number of nitrogens with zero attached hydrogens (tertiary/aromatic N) is 1. The first-order valence-corrected chi connectivity index (χ1v) is 10.0. The number of hydrogen-bond donors (Lipinski definition) is 2. The Balaban J connectivity index is 1.75. The Hall–Kier alpha value is -1.99. The molecule has 1 heterocycles. The number of carbonyl (C=O) groups excluding carboxylic acids is 2. The summed E-state index contributed by atoms with van der Waals surface area (Å²) in [6, 6.07) is 11.5. The number of anilines is 1. The van der Waals surface area contributed by atoms with Crippen molar-refractivity contribution in [2.24, 2.45) is 0 Å². The molecule has 0 aliphatic rings. The molecular formula is C18H23N3O2S2. The average molecular weight is 378 g/mol. The first kappa shape index (κ1) is 19.3. The quantitative estimate of drug-likeness (QED) is 0.688. The third kappa shape index (κ3) is 6.80. The molecule has 1 aromatic heterocycles. The summed E-state index contributed by atoms with van der Waals surface area (Å²) in [5.41, 5.74) is 1.63. The highest BCUT2D eigenvalue weighted by molar-refractivity contribution is 7.98. The summed E-state index contributed by atoms with van der Waals surface area (Å²) in [6.45, 7) is 2.59. The molecule has 25 heavy (non-hydrogen) atoms. The molecule has 0 bridgehead atoms. The third-order valence-electron chi connectivity index (χ3n) is 3.57. The van der Waals surface area contributed by atoms with Crippen LogP contribution in [0.3, 0.4) is 0 Å².